The summed E-state index contributed by atoms with van der Waals surface area (Å²) in [4.78, 5) is 13.6. The van der Waals surface area contributed by atoms with Crippen molar-refractivity contribution in [1.82, 2.24) is 14.9 Å². The lowest BCUT2D eigenvalue weighted by Crippen LogP contribution is -2.43. The number of fused-ring (bicyclic) bond motifs is 2. The standard InChI is InChI=1S/C31H28ClF3N6O2S/c1-14-11-41(16-3-4-16)29-22-25(38-30(39-29)42-13-31-7-2-8-40(31)12-15(33)9-31)24(35)21(23(32)26(22)43-14)17-5-6-19(34)27-20(17)18(10-36)28(37)44-27/h5-6,14-16H,2-4,7-9,11-13,37H2,1H3/t14-,15+,31-/m0/s1. The highest BCUT2D eigenvalue weighted by molar-refractivity contribution is 7.23. The van der Waals surface area contributed by atoms with Crippen LogP contribution in [0.3, 0.4) is 0 Å². The van der Waals surface area contributed by atoms with Crippen LogP contribution in [0.15, 0.2) is 12.1 Å². The topological polar surface area (TPSA) is 101 Å². The van der Waals surface area contributed by atoms with E-state index in [0.29, 0.717) is 30.7 Å². The molecule has 8 nitrogen and oxygen atoms in total. The van der Waals surface area contributed by atoms with E-state index in [2.05, 4.69) is 14.8 Å². The maximum absolute atomic E-state index is 17.0. The molecule has 0 bridgehead atoms. The van der Waals surface area contributed by atoms with Crippen molar-refractivity contribution in [2.45, 2.75) is 62.9 Å². The highest BCUT2D eigenvalue weighted by Crippen LogP contribution is 2.52. The van der Waals surface area contributed by atoms with Crippen LogP contribution in [-0.4, -0.2) is 65.0 Å². The molecule has 4 aromatic rings. The molecule has 228 valence electrons. The van der Waals surface area contributed by atoms with E-state index in [1.807, 2.05) is 13.0 Å². The first-order valence-electron chi connectivity index (χ1n) is 14.8. The van der Waals surface area contributed by atoms with Gasteiger partial charge in [-0.1, -0.05) is 17.7 Å². The third kappa shape index (κ3) is 4.12. The summed E-state index contributed by atoms with van der Waals surface area (Å²) in [5, 5.41) is 10.5. The van der Waals surface area contributed by atoms with E-state index in [1.165, 1.54) is 12.1 Å². The molecule has 0 radical (unpaired) electrons. The predicted molar refractivity (Wildman–Crippen MR) is 163 cm³/mol. The third-order valence-electron chi connectivity index (χ3n) is 9.41. The van der Waals surface area contributed by atoms with Gasteiger partial charge in [0.1, 0.15) is 47.1 Å². The van der Waals surface area contributed by atoms with Gasteiger partial charge in [0.05, 0.1) is 32.8 Å². The predicted octanol–water partition coefficient (Wildman–Crippen LogP) is 6.60. The molecule has 2 aromatic carbocycles. The summed E-state index contributed by atoms with van der Waals surface area (Å²) >= 11 is 7.92. The van der Waals surface area contributed by atoms with Gasteiger partial charge in [-0.15, -0.1) is 11.3 Å². The van der Waals surface area contributed by atoms with Gasteiger partial charge in [-0.25, -0.2) is 13.2 Å². The maximum atomic E-state index is 17.0. The first-order chi connectivity index (χ1) is 21.2. The highest BCUT2D eigenvalue weighted by atomic mass is 35.5. The Morgan fingerprint density at radius 1 is 1.25 bits per heavy atom. The monoisotopic (exact) mass is 640 g/mol. The second-order valence-corrected chi connectivity index (χ2v) is 13.7. The fourth-order valence-electron chi connectivity index (χ4n) is 7.32. The molecule has 3 aliphatic heterocycles. The van der Waals surface area contributed by atoms with Crippen LogP contribution in [0.4, 0.5) is 24.0 Å². The highest BCUT2D eigenvalue weighted by Gasteiger charge is 2.49. The van der Waals surface area contributed by atoms with Crippen LogP contribution in [0.25, 0.3) is 32.1 Å². The molecule has 1 saturated carbocycles. The minimum atomic E-state index is -0.924. The zero-order valence-electron chi connectivity index (χ0n) is 23.8. The number of benzene rings is 2. The molecule has 2 N–H and O–H groups in total. The molecule has 0 spiro atoms. The molecular formula is C31H28ClF3N6O2S. The Morgan fingerprint density at radius 3 is 2.84 bits per heavy atom. The fraction of sp³-hybridized carbons (Fsp3) is 0.452. The largest absolute Gasteiger partial charge is 0.486 e. The summed E-state index contributed by atoms with van der Waals surface area (Å²) in [7, 11) is 0. The number of hydrogen-bond acceptors (Lipinski definition) is 9. The number of halogens is 4. The number of nitriles is 1. The van der Waals surface area contributed by atoms with Crippen molar-refractivity contribution in [1.29, 1.82) is 5.26 Å². The van der Waals surface area contributed by atoms with Crippen LogP contribution >= 0.6 is 22.9 Å². The Balaban J connectivity index is 1.35. The number of alkyl halides is 1. The molecule has 1 aliphatic carbocycles. The minimum absolute atomic E-state index is 0.0175. The lowest BCUT2D eigenvalue weighted by molar-refractivity contribution is 0.107. The van der Waals surface area contributed by atoms with Crippen LogP contribution in [0, 0.1) is 23.0 Å². The summed E-state index contributed by atoms with van der Waals surface area (Å²) < 4.78 is 59.1. The van der Waals surface area contributed by atoms with Gasteiger partial charge in [0.2, 0.25) is 0 Å². The number of nitrogens with zero attached hydrogens (tertiary/aromatic N) is 5. The van der Waals surface area contributed by atoms with Crippen LogP contribution in [0.1, 0.15) is 44.6 Å². The first kappa shape index (κ1) is 28.0. The van der Waals surface area contributed by atoms with Crippen molar-refractivity contribution < 1.29 is 22.6 Å². The second kappa shape index (κ2) is 9.99. The normalized spacial score (nSPS) is 24.9. The molecule has 5 heterocycles. The minimum Gasteiger partial charge on any atom is -0.486 e. The quantitative estimate of drug-likeness (QED) is 0.260. The summed E-state index contributed by atoms with van der Waals surface area (Å²) in [5.74, 6) is -0.670. The van der Waals surface area contributed by atoms with Gasteiger partial charge in [-0.3, -0.25) is 4.90 Å². The molecule has 3 atom stereocenters. The van der Waals surface area contributed by atoms with Crippen molar-refractivity contribution in [2.75, 3.05) is 36.9 Å². The molecule has 2 aromatic heterocycles. The summed E-state index contributed by atoms with van der Waals surface area (Å²) in [6.07, 6.45) is 2.78. The maximum Gasteiger partial charge on any atom is 0.319 e. The molecule has 0 amide bonds. The lowest BCUT2D eigenvalue weighted by Gasteiger charge is -2.31. The number of nitrogen functional groups attached to an aromatic ring is 1. The molecule has 13 heteroatoms. The van der Waals surface area contributed by atoms with Gasteiger partial charge in [0.15, 0.2) is 11.6 Å². The van der Waals surface area contributed by atoms with Crippen molar-refractivity contribution in [3.05, 3.63) is 34.4 Å². The van der Waals surface area contributed by atoms with Gasteiger partial charge >= 0.3 is 6.01 Å². The van der Waals surface area contributed by atoms with E-state index in [-0.39, 0.29) is 72.8 Å². The SMILES string of the molecule is C[C@H]1CN(C2CC2)c2nc(OC[C@@]34CCCN3C[C@H](F)C4)nc3c(F)c(-c4ccc(F)c5sc(N)c(C#N)c45)c(Cl)c(c23)O1. The van der Waals surface area contributed by atoms with E-state index in [1.54, 1.807) is 0 Å². The number of thiophene rings is 1. The van der Waals surface area contributed by atoms with Crippen LogP contribution in [0.2, 0.25) is 5.02 Å². The van der Waals surface area contributed by atoms with Gasteiger partial charge in [0, 0.05) is 30.0 Å². The Hall–Kier alpha value is -3.53. The van der Waals surface area contributed by atoms with E-state index < -0.39 is 23.3 Å². The Kier molecular flexibility index (Phi) is 6.35. The Morgan fingerprint density at radius 2 is 2.07 bits per heavy atom. The van der Waals surface area contributed by atoms with Crippen molar-refractivity contribution >= 4 is 54.7 Å². The van der Waals surface area contributed by atoms with Crippen molar-refractivity contribution in [3.8, 4) is 29.0 Å². The molecule has 2 saturated heterocycles. The van der Waals surface area contributed by atoms with E-state index >= 15 is 4.39 Å². The van der Waals surface area contributed by atoms with E-state index in [0.717, 1.165) is 43.6 Å². The second-order valence-electron chi connectivity index (χ2n) is 12.3. The van der Waals surface area contributed by atoms with Gasteiger partial charge in [-0.2, -0.15) is 15.2 Å². The molecule has 44 heavy (non-hydrogen) atoms. The molecule has 0 unspecified atom stereocenters. The van der Waals surface area contributed by atoms with Gasteiger partial charge in [0.25, 0.3) is 0 Å². The summed E-state index contributed by atoms with van der Waals surface area (Å²) in [5.41, 5.74) is 5.75. The van der Waals surface area contributed by atoms with Crippen molar-refractivity contribution in [2.24, 2.45) is 0 Å². The van der Waals surface area contributed by atoms with Crippen LogP contribution < -0.4 is 20.1 Å². The Labute approximate surface area is 260 Å². The first-order valence-corrected chi connectivity index (χ1v) is 16.0. The third-order valence-corrected chi connectivity index (χ3v) is 10.8. The smallest absolute Gasteiger partial charge is 0.319 e. The number of ether oxygens (including phenoxy) is 2. The number of anilines is 2. The summed E-state index contributed by atoms with van der Waals surface area (Å²) in [6.45, 7) is 3.76. The molecule has 4 aliphatic rings. The van der Waals surface area contributed by atoms with Gasteiger partial charge < -0.3 is 20.1 Å². The number of aromatic nitrogens is 2. The van der Waals surface area contributed by atoms with Crippen LogP contribution in [-0.2, 0) is 0 Å². The average molecular weight is 641 g/mol. The fourth-order valence-corrected chi connectivity index (χ4v) is 8.59. The molecule has 3 fully saturated rings. The van der Waals surface area contributed by atoms with Crippen LogP contribution in [0.5, 0.6) is 11.8 Å². The zero-order chi connectivity index (χ0) is 30.5. The van der Waals surface area contributed by atoms with Gasteiger partial charge in [-0.05, 0) is 50.8 Å². The number of nitrogens with two attached hydrogens (primary N) is 1. The average Bonchev–Trinajstić information content (AvgIpc) is 3.61. The lowest BCUT2D eigenvalue weighted by atomic mass is 9.95. The number of hydrogen-bond donors (Lipinski definition) is 1. The Bertz CT molecular complexity index is 1910. The number of rotatable bonds is 5. The molecule has 8 rings (SSSR count). The molecular weight excluding hydrogens is 613 g/mol. The van der Waals surface area contributed by atoms with Crippen molar-refractivity contribution in [3.63, 3.8) is 0 Å². The summed E-state index contributed by atoms with van der Waals surface area (Å²) in [6, 6.07) is 4.82. The van der Waals surface area contributed by atoms with E-state index in [4.69, 9.17) is 31.8 Å². The zero-order valence-corrected chi connectivity index (χ0v) is 25.4. The van der Waals surface area contributed by atoms with E-state index in [9.17, 15) is 14.0 Å².